The Morgan fingerprint density at radius 1 is 1.00 bits per heavy atom. The Labute approximate surface area is 99.0 Å². The lowest BCUT2D eigenvalue weighted by Crippen LogP contribution is -2.04. The van der Waals surface area contributed by atoms with Gasteiger partial charge < -0.3 is 0 Å². The molecule has 0 bridgehead atoms. The molecule has 2 nitrogen and oxygen atoms in total. The van der Waals surface area contributed by atoms with Gasteiger partial charge in [-0.2, -0.15) is 10.5 Å². The summed E-state index contributed by atoms with van der Waals surface area (Å²) in [6.07, 6.45) is 1.82. The summed E-state index contributed by atoms with van der Waals surface area (Å²) in [5.74, 6) is -0.432. The average molecular weight is 216 g/mol. The monoisotopic (exact) mass is 216 g/mol. The molecule has 1 aliphatic rings. The fourth-order valence-electron chi connectivity index (χ4n) is 2.41. The minimum Gasteiger partial charge on any atom is -0.197 e. The summed E-state index contributed by atoms with van der Waals surface area (Å²) >= 11 is 0. The number of nitriles is 2. The lowest BCUT2D eigenvalue weighted by molar-refractivity contribution is 1.06. The van der Waals surface area contributed by atoms with E-state index in [0.29, 0.717) is 5.57 Å². The van der Waals surface area contributed by atoms with Crippen LogP contribution < -0.4 is 0 Å². The van der Waals surface area contributed by atoms with Crippen molar-refractivity contribution in [2.45, 2.75) is 5.92 Å². The van der Waals surface area contributed by atoms with Gasteiger partial charge in [0, 0.05) is 0 Å². The Morgan fingerprint density at radius 2 is 1.76 bits per heavy atom. The maximum atomic E-state index is 9.23. The molecule has 3 rings (SSSR count). The molecule has 0 radical (unpaired) electrons. The van der Waals surface area contributed by atoms with Gasteiger partial charge in [0.05, 0.1) is 17.7 Å². The molecule has 2 aromatic rings. The maximum Gasteiger partial charge on any atom is 0.107 e. The SMILES string of the molecule is N#CC1=Cc2cccc3cccc(c23)C1C#N. The second-order valence-electron chi connectivity index (χ2n) is 4.07. The number of hydrogen-bond donors (Lipinski definition) is 0. The second kappa shape index (κ2) is 3.47. The second-order valence-corrected chi connectivity index (χ2v) is 4.07. The Balaban J connectivity index is 2.47. The molecular weight excluding hydrogens is 208 g/mol. The zero-order valence-electron chi connectivity index (χ0n) is 9.01. The van der Waals surface area contributed by atoms with Gasteiger partial charge in [-0.25, -0.2) is 0 Å². The van der Waals surface area contributed by atoms with Crippen LogP contribution in [0.4, 0.5) is 0 Å². The normalized spacial score (nSPS) is 17.1. The lowest BCUT2D eigenvalue weighted by Gasteiger charge is -2.18. The third kappa shape index (κ3) is 1.25. The smallest absolute Gasteiger partial charge is 0.107 e. The van der Waals surface area contributed by atoms with Crippen molar-refractivity contribution in [2.24, 2.45) is 0 Å². The van der Waals surface area contributed by atoms with Crippen molar-refractivity contribution < 1.29 is 0 Å². The minimum absolute atomic E-state index is 0.432. The molecular formula is C15H8N2. The minimum atomic E-state index is -0.432. The van der Waals surface area contributed by atoms with Gasteiger partial charge in [0.1, 0.15) is 5.92 Å². The zero-order chi connectivity index (χ0) is 11.8. The van der Waals surface area contributed by atoms with Crippen molar-refractivity contribution in [1.82, 2.24) is 0 Å². The van der Waals surface area contributed by atoms with Crippen LogP contribution in [0.2, 0.25) is 0 Å². The van der Waals surface area contributed by atoms with Gasteiger partial charge in [-0.3, -0.25) is 0 Å². The molecule has 2 aromatic carbocycles. The van der Waals surface area contributed by atoms with E-state index in [2.05, 4.69) is 12.1 Å². The standard InChI is InChI=1S/C15H8N2/c16-8-12-7-11-5-1-3-10-4-2-6-13(15(10)11)14(12)9-17/h1-7,14H. The summed E-state index contributed by atoms with van der Waals surface area (Å²) in [4.78, 5) is 0. The quantitative estimate of drug-likeness (QED) is 0.677. The van der Waals surface area contributed by atoms with E-state index in [0.717, 1.165) is 21.9 Å². The number of allylic oxidation sites excluding steroid dienone is 1. The first-order valence-electron chi connectivity index (χ1n) is 5.38. The van der Waals surface area contributed by atoms with Gasteiger partial charge in [0.2, 0.25) is 0 Å². The van der Waals surface area contributed by atoms with E-state index < -0.39 is 5.92 Å². The molecule has 0 aromatic heterocycles. The first-order valence-corrected chi connectivity index (χ1v) is 5.38. The highest BCUT2D eigenvalue weighted by atomic mass is 14.3. The predicted octanol–water partition coefficient (Wildman–Crippen LogP) is 3.37. The number of benzene rings is 2. The Bertz CT molecular complexity index is 721. The summed E-state index contributed by atoms with van der Waals surface area (Å²) in [6, 6.07) is 16.2. The van der Waals surface area contributed by atoms with Crippen molar-refractivity contribution in [2.75, 3.05) is 0 Å². The fourth-order valence-corrected chi connectivity index (χ4v) is 2.41. The van der Waals surface area contributed by atoms with E-state index in [9.17, 15) is 5.26 Å². The molecule has 0 fully saturated rings. The highest BCUT2D eigenvalue weighted by Gasteiger charge is 2.23. The van der Waals surface area contributed by atoms with E-state index in [1.54, 1.807) is 0 Å². The molecule has 0 heterocycles. The van der Waals surface area contributed by atoms with Crippen LogP contribution in [-0.4, -0.2) is 0 Å². The van der Waals surface area contributed by atoms with Crippen molar-refractivity contribution in [3.8, 4) is 12.1 Å². The van der Waals surface area contributed by atoms with Crippen molar-refractivity contribution >= 4 is 16.8 Å². The molecule has 0 saturated carbocycles. The lowest BCUT2D eigenvalue weighted by atomic mass is 9.82. The van der Waals surface area contributed by atoms with Crippen molar-refractivity contribution in [3.05, 3.63) is 53.1 Å². The van der Waals surface area contributed by atoms with Gasteiger partial charge >= 0.3 is 0 Å². The van der Waals surface area contributed by atoms with Crippen LogP contribution in [0.25, 0.3) is 16.8 Å². The van der Waals surface area contributed by atoms with Crippen LogP contribution in [0.1, 0.15) is 17.0 Å². The first-order chi connectivity index (χ1) is 8.35. The molecule has 0 N–H and O–H groups in total. The first kappa shape index (κ1) is 9.63. The molecule has 0 spiro atoms. The van der Waals surface area contributed by atoms with E-state index in [-0.39, 0.29) is 0 Å². The van der Waals surface area contributed by atoms with Crippen LogP contribution in [0, 0.1) is 22.7 Å². The topological polar surface area (TPSA) is 47.6 Å². The highest BCUT2D eigenvalue weighted by molar-refractivity contribution is 5.97. The van der Waals surface area contributed by atoms with Crippen LogP contribution >= 0.6 is 0 Å². The average Bonchev–Trinajstić information content (AvgIpc) is 2.39. The largest absolute Gasteiger partial charge is 0.197 e. The Kier molecular flexibility index (Phi) is 1.97. The summed E-state index contributed by atoms with van der Waals surface area (Å²) < 4.78 is 0. The molecule has 78 valence electrons. The van der Waals surface area contributed by atoms with E-state index in [1.807, 2.05) is 42.5 Å². The third-order valence-corrected chi connectivity index (χ3v) is 3.16. The summed E-state index contributed by atoms with van der Waals surface area (Å²) in [5, 5.41) is 20.5. The van der Waals surface area contributed by atoms with Crippen molar-refractivity contribution in [1.29, 1.82) is 10.5 Å². The Morgan fingerprint density at radius 3 is 2.47 bits per heavy atom. The van der Waals surface area contributed by atoms with Gasteiger partial charge in [0.15, 0.2) is 0 Å². The Hall–Kier alpha value is -2.58. The molecule has 0 amide bonds. The molecule has 1 aliphatic carbocycles. The van der Waals surface area contributed by atoms with Gasteiger partial charge in [-0.1, -0.05) is 36.4 Å². The summed E-state index contributed by atoms with van der Waals surface area (Å²) in [7, 11) is 0. The molecule has 1 unspecified atom stereocenters. The summed E-state index contributed by atoms with van der Waals surface area (Å²) in [5.41, 5.74) is 2.50. The van der Waals surface area contributed by atoms with Crippen LogP contribution in [0.5, 0.6) is 0 Å². The van der Waals surface area contributed by atoms with E-state index in [1.165, 1.54) is 0 Å². The third-order valence-electron chi connectivity index (χ3n) is 3.16. The number of rotatable bonds is 0. The molecule has 2 heteroatoms. The molecule has 17 heavy (non-hydrogen) atoms. The van der Waals surface area contributed by atoms with Gasteiger partial charge in [-0.05, 0) is 28.0 Å². The van der Waals surface area contributed by atoms with Crippen LogP contribution in [-0.2, 0) is 0 Å². The van der Waals surface area contributed by atoms with Crippen LogP contribution in [0.3, 0.4) is 0 Å². The number of nitrogens with zero attached hydrogens (tertiary/aromatic N) is 2. The van der Waals surface area contributed by atoms with E-state index in [4.69, 9.17) is 5.26 Å². The number of hydrogen-bond acceptors (Lipinski definition) is 2. The highest BCUT2D eigenvalue weighted by Crippen LogP contribution is 2.37. The molecule has 1 atom stereocenters. The van der Waals surface area contributed by atoms with E-state index >= 15 is 0 Å². The predicted molar refractivity (Wildman–Crippen MR) is 65.9 cm³/mol. The summed E-state index contributed by atoms with van der Waals surface area (Å²) in [6.45, 7) is 0. The van der Waals surface area contributed by atoms with Gasteiger partial charge in [0.25, 0.3) is 0 Å². The van der Waals surface area contributed by atoms with Crippen LogP contribution in [0.15, 0.2) is 42.0 Å². The van der Waals surface area contributed by atoms with Crippen molar-refractivity contribution in [3.63, 3.8) is 0 Å². The zero-order valence-corrected chi connectivity index (χ0v) is 9.01. The fraction of sp³-hybridized carbons (Fsp3) is 0.0667. The maximum absolute atomic E-state index is 9.23. The van der Waals surface area contributed by atoms with Gasteiger partial charge in [-0.15, -0.1) is 0 Å². The molecule has 0 saturated heterocycles. The molecule has 0 aliphatic heterocycles.